The van der Waals surface area contributed by atoms with Crippen molar-refractivity contribution in [2.75, 3.05) is 6.61 Å². The minimum absolute atomic E-state index is 0.254. The van der Waals surface area contributed by atoms with Gasteiger partial charge in [-0.25, -0.2) is 0 Å². The maximum atomic E-state index is 12.0. The van der Waals surface area contributed by atoms with E-state index in [1.807, 2.05) is 6.92 Å². The quantitative estimate of drug-likeness (QED) is 0.611. The second kappa shape index (κ2) is 5.22. The average Bonchev–Trinajstić information content (AvgIpc) is 2.61. The Hall–Kier alpha value is -2.17. The van der Waals surface area contributed by atoms with E-state index < -0.39 is 23.6 Å². The molecule has 0 N–H and O–H groups in total. The number of carbonyl (C=O) groups excluding carboxylic acids is 3. The SMILES string of the molecule is CCCOc1ccc2c(c1)C(=O)C(OC(C)=O)C2=O. The summed E-state index contributed by atoms with van der Waals surface area (Å²) >= 11 is 0. The molecule has 0 amide bonds. The van der Waals surface area contributed by atoms with Gasteiger partial charge in [0.1, 0.15) is 5.75 Å². The Morgan fingerprint density at radius 3 is 2.53 bits per heavy atom. The lowest BCUT2D eigenvalue weighted by Gasteiger charge is -2.06. The van der Waals surface area contributed by atoms with Crippen LogP contribution in [0.5, 0.6) is 5.75 Å². The van der Waals surface area contributed by atoms with Gasteiger partial charge in [-0.05, 0) is 24.6 Å². The smallest absolute Gasteiger partial charge is 0.303 e. The van der Waals surface area contributed by atoms with Crippen LogP contribution in [0.4, 0.5) is 0 Å². The van der Waals surface area contributed by atoms with Gasteiger partial charge >= 0.3 is 5.97 Å². The van der Waals surface area contributed by atoms with E-state index in [2.05, 4.69) is 0 Å². The largest absolute Gasteiger partial charge is 0.494 e. The van der Waals surface area contributed by atoms with Crippen molar-refractivity contribution in [1.82, 2.24) is 0 Å². The zero-order valence-corrected chi connectivity index (χ0v) is 10.8. The molecule has 100 valence electrons. The summed E-state index contributed by atoms with van der Waals surface area (Å²) in [5.74, 6) is -1.08. The first-order chi connectivity index (χ1) is 9.04. The summed E-state index contributed by atoms with van der Waals surface area (Å²) in [6, 6.07) is 4.69. The molecule has 2 rings (SSSR count). The second-order valence-electron chi connectivity index (χ2n) is 4.27. The van der Waals surface area contributed by atoms with Crippen LogP contribution in [0.1, 0.15) is 41.0 Å². The molecule has 0 spiro atoms. The van der Waals surface area contributed by atoms with Crippen molar-refractivity contribution in [3.05, 3.63) is 29.3 Å². The molecular weight excluding hydrogens is 248 g/mol. The van der Waals surface area contributed by atoms with Crippen LogP contribution in [-0.4, -0.2) is 30.2 Å². The van der Waals surface area contributed by atoms with Crippen molar-refractivity contribution >= 4 is 17.5 Å². The van der Waals surface area contributed by atoms with Crippen molar-refractivity contribution in [2.24, 2.45) is 0 Å². The van der Waals surface area contributed by atoms with Crippen LogP contribution >= 0.6 is 0 Å². The zero-order chi connectivity index (χ0) is 14.0. The lowest BCUT2D eigenvalue weighted by molar-refractivity contribution is -0.142. The number of esters is 1. The number of ether oxygens (including phenoxy) is 2. The van der Waals surface area contributed by atoms with Crippen molar-refractivity contribution < 1.29 is 23.9 Å². The van der Waals surface area contributed by atoms with E-state index in [1.165, 1.54) is 19.1 Å². The number of hydrogen-bond acceptors (Lipinski definition) is 5. The number of fused-ring (bicyclic) bond motifs is 1. The zero-order valence-electron chi connectivity index (χ0n) is 10.8. The molecule has 5 nitrogen and oxygen atoms in total. The maximum Gasteiger partial charge on any atom is 0.303 e. The summed E-state index contributed by atoms with van der Waals surface area (Å²) in [7, 11) is 0. The first kappa shape index (κ1) is 13.3. The molecule has 1 aliphatic carbocycles. The fourth-order valence-electron chi connectivity index (χ4n) is 1.93. The van der Waals surface area contributed by atoms with E-state index in [0.29, 0.717) is 12.4 Å². The van der Waals surface area contributed by atoms with E-state index in [1.54, 1.807) is 6.07 Å². The summed E-state index contributed by atoms with van der Waals surface area (Å²) in [4.78, 5) is 34.8. The maximum absolute atomic E-state index is 12.0. The highest BCUT2D eigenvalue weighted by Crippen LogP contribution is 2.28. The minimum atomic E-state index is -1.34. The Bertz CT molecular complexity index is 547. The van der Waals surface area contributed by atoms with Gasteiger partial charge in [0, 0.05) is 18.1 Å². The number of hydrogen-bond donors (Lipinski definition) is 0. The van der Waals surface area contributed by atoms with E-state index >= 15 is 0 Å². The molecule has 0 aromatic heterocycles. The minimum Gasteiger partial charge on any atom is -0.494 e. The van der Waals surface area contributed by atoms with Crippen LogP contribution in [0.3, 0.4) is 0 Å². The van der Waals surface area contributed by atoms with Crippen LogP contribution in [0.25, 0.3) is 0 Å². The Morgan fingerprint density at radius 2 is 1.89 bits per heavy atom. The number of rotatable bonds is 4. The normalized spacial score (nSPS) is 17.3. The molecular formula is C14H14O5. The molecule has 1 aromatic rings. The monoisotopic (exact) mass is 262 g/mol. The van der Waals surface area contributed by atoms with Gasteiger partial charge in [-0.2, -0.15) is 0 Å². The molecule has 0 radical (unpaired) electrons. The van der Waals surface area contributed by atoms with E-state index in [4.69, 9.17) is 9.47 Å². The molecule has 1 atom stereocenters. The molecule has 1 aromatic carbocycles. The molecule has 1 aliphatic rings. The van der Waals surface area contributed by atoms with Crippen LogP contribution in [-0.2, 0) is 9.53 Å². The van der Waals surface area contributed by atoms with E-state index in [-0.39, 0.29) is 11.1 Å². The summed E-state index contributed by atoms with van der Waals surface area (Å²) in [5.41, 5.74) is 0.532. The number of benzene rings is 1. The third-order valence-corrected chi connectivity index (χ3v) is 2.75. The molecule has 5 heteroatoms. The number of carbonyl (C=O) groups is 3. The van der Waals surface area contributed by atoms with Gasteiger partial charge in [0.2, 0.25) is 17.7 Å². The molecule has 1 unspecified atom stereocenters. The lowest BCUT2D eigenvalue weighted by atomic mass is 10.1. The Morgan fingerprint density at radius 1 is 1.21 bits per heavy atom. The van der Waals surface area contributed by atoms with Crippen LogP contribution in [0.2, 0.25) is 0 Å². The topological polar surface area (TPSA) is 69.7 Å². The number of Topliss-reactive ketones (excluding diaryl/α,β-unsaturated/α-hetero) is 2. The van der Waals surface area contributed by atoms with Crippen LogP contribution < -0.4 is 4.74 Å². The van der Waals surface area contributed by atoms with Gasteiger partial charge in [-0.1, -0.05) is 6.92 Å². The van der Waals surface area contributed by atoms with Gasteiger partial charge in [0.05, 0.1) is 6.61 Å². The molecule has 0 heterocycles. The molecule has 0 saturated carbocycles. The summed E-state index contributed by atoms with van der Waals surface area (Å²) < 4.78 is 10.2. The van der Waals surface area contributed by atoms with Crippen molar-refractivity contribution in [3.63, 3.8) is 0 Å². The predicted molar refractivity (Wildman–Crippen MR) is 66.4 cm³/mol. The second-order valence-corrected chi connectivity index (χ2v) is 4.27. The van der Waals surface area contributed by atoms with Gasteiger partial charge in [-0.15, -0.1) is 0 Å². The molecule has 19 heavy (non-hydrogen) atoms. The van der Waals surface area contributed by atoms with Gasteiger partial charge in [0.15, 0.2) is 0 Å². The predicted octanol–water partition coefficient (Wildman–Crippen LogP) is 1.79. The fraction of sp³-hybridized carbons (Fsp3) is 0.357. The fourth-order valence-corrected chi connectivity index (χ4v) is 1.93. The van der Waals surface area contributed by atoms with Crippen molar-refractivity contribution in [1.29, 1.82) is 0 Å². The summed E-state index contributed by atoms with van der Waals surface area (Å²) in [5, 5.41) is 0. The first-order valence-electron chi connectivity index (χ1n) is 6.07. The van der Waals surface area contributed by atoms with E-state index in [0.717, 1.165) is 6.42 Å². The Labute approximate surface area is 110 Å². The highest BCUT2D eigenvalue weighted by molar-refractivity contribution is 6.29. The third kappa shape index (κ3) is 2.50. The van der Waals surface area contributed by atoms with Crippen LogP contribution in [0, 0.1) is 0 Å². The van der Waals surface area contributed by atoms with Crippen molar-refractivity contribution in [2.45, 2.75) is 26.4 Å². The average molecular weight is 262 g/mol. The summed E-state index contributed by atoms with van der Waals surface area (Å²) in [6.07, 6.45) is -0.492. The molecule has 0 fully saturated rings. The van der Waals surface area contributed by atoms with Crippen molar-refractivity contribution in [3.8, 4) is 5.75 Å². The third-order valence-electron chi connectivity index (χ3n) is 2.75. The first-order valence-corrected chi connectivity index (χ1v) is 6.07. The standard InChI is InChI=1S/C14H14O5/c1-3-6-18-9-4-5-10-11(7-9)13(17)14(12(10)16)19-8(2)15/h4-5,7,14H,3,6H2,1-2H3. The molecule has 0 aliphatic heterocycles. The Balaban J connectivity index is 2.28. The van der Waals surface area contributed by atoms with Gasteiger partial charge < -0.3 is 9.47 Å². The Kier molecular flexibility index (Phi) is 3.64. The lowest BCUT2D eigenvalue weighted by Crippen LogP contribution is -2.27. The highest BCUT2D eigenvalue weighted by Gasteiger charge is 2.41. The highest BCUT2D eigenvalue weighted by atomic mass is 16.5. The van der Waals surface area contributed by atoms with Gasteiger partial charge in [0.25, 0.3) is 0 Å². The molecule has 0 bridgehead atoms. The van der Waals surface area contributed by atoms with E-state index in [9.17, 15) is 14.4 Å². The number of ketones is 2. The van der Waals surface area contributed by atoms with Crippen LogP contribution in [0.15, 0.2) is 18.2 Å². The van der Waals surface area contributed by atoms with Gasteiger partial charge in [-0.3, -0.25) is 14.4 Å². The summed E-state index contributed by atoms with van der Waals surface area (Å²) in [6.45, 7) is 3.67. The molecule has 0 saturated heterocycles.